The van der Waals surface area contributed by atoms with Gasteiger partial charge in [0.15, 0.2) is 0 Å². The van der Waals surface area contributed by atoms with Crippen LogP contribution in [0.3, 0.4) is 0 Å². The average Bonchev–Trinajstić information content (AvgIpc) is 1.96. The summed E-state index contributed by atoms with van der Waals surface area (Å²) < 4.78 is 10.1. The Bertz CT molecular complexity index is 175. The fourth-order valence-corrected chi connectivity index (χ4v) is 0.776. The summed E-state index contributed by atoms with van der Waals surface area (Å²) in [5.74, 6) is 0. The summed E-state index contributed by atoms with van der Waals surface area (Å²) in [7, 11) is 0. The van der Waals surface area contributed by atoms with Crippen molar-refractivity contribution < 1.29 is 14.3 Å². The molecule has 0 aromatic heterocycles. The summed E-state index contributed by atoms with van der Waals surface area (Å²) in [4.78, 5) is 11.2. The molecule has 0 saturated heterocycles. The molecule has 1 atom stereocenters. The molecule has 0 aliphatic heterocycles. The van der Waals surface area contributed by atoms with Crippen LogP contribution in [0.25, 0.3) is 0 Å². The Labute approximate surface area is 86.0 Å². The molecule has 0 aliphatic rings. The van der Waals surface area contributed by atoms with Gasteiger partial charge in [0.25, 0.3) is 0 Å². The molecule has 0 saturated carbocycles. The molecule has 4 heteroatoms. The van der Waals surface area contributed by atoms with Crippen molar-refractivity contribution in [3.05, 3.63) is 6.92 Å². The molecule has 1 unspecified atom stereocenters. The van der Waals surface area contributed by atoms with Crippen LogP contribution in [0.1, 0.15) is 27.7 Å². The summed E-state index contributed by atoms with van der Waals surface area (Å²) in [6.45, 7) is 12.0. The molecule has 4 nitrogen and oxygen atoms in total. The van der Waals surface area contributed by atoms with Gasteiger partial charge in [0, 0.05) is 6.61 Å². The molecule has 0 aromatic rings. The molecule has 0 heterocycles. The molecule has 1 amide bonds. The van der Waals surface area contributed by atoms with E-state index in [0.29, 0.717) is 13.2 Å². The predicted molar refractivity (Wildman–Crippen MR) is 55.0 cm³/mol. The zero-order chi connectivity index (χ0) is 11.2. The smallest absolute Gasteiger partial charge is 0.407 e. The zero-order valence-corrected chi connectivity index (χ0v) is 9.42. The van der Waals surface area contributed by atoms with Crippen molar-refractivity contribution in [1.29, 1.82) is 0 Å². The van der Waals surface area contributed by atoms with E-state index in [9.17, 15) is 4.79 Å². The molecular formula is C10H20NO3. The third kappa shape index (κ3) is 7.86. The fraction of sp³-hybridized carbons (Fsp3) is 0.800. The lowest BCUT2D eigenvalue weighted by atomic mass is 10.2. The molecule has 0 spiro atoms. The molecule has 0 rings (SSSR count). The predicted octanol–water partition coefficient (Wildman–Crippen LogP) is 1.75. The van der Waals surface area contributed by atoms with Crippen molar-refractivity contribution in [1.82, 2.24) is 5.32 Å². The van der Waals surface area contributed by atoms with E-state index in [1.165, 1.54) is 0 Å². The minimum Gasteiger partial charge on any atom is -0.444 e. The first kappa shape index (κ1) is 13.2. The maximum absolute atomic E-state index is 11.2. The maximum Gasteiger partial charge on any atom is 0.407 e. The molecular weight excluding hydrogens is 182 g/mol. The van der Waals surface area contributed by atoms with E-state index in [0.717, 1.165) is 0 Å². The minimum absolute atomic E-state index is 0.273. The van der Waals surface area contributed by atoms with Crippen LogP contribution in [0.5, 0.6) is 0 Å². The molecule has 1 radical (unpaired) electrons. The van der Waals surface area contributed by atoms with Gasteiger partial charge in [-0.2, -0.15) is 0 Å². The lowest BCUT2D eigenvalue weighted by Crippen LogP contribution is -2.40. The molecule has 14 heavy (non-hydrogen) atoms. The van der Waals surface area contributed by atoms with Crippen LogP contribution >= 0.6 is 0 Å². The van der Waals surface area contributed by atoms with Crippen LogP contribution in [-0.4, -0.2) is 30.9 Å². The Morgan fingerprint density at radius 2 is 2.07 bits per heavy atom. The minimum atomic E-state index is -0.477. The molecule has 0 fully saturated rings. The van der Waals surface area contributed by atoms with Gasteiger partial charge in [-0.3, -0.25) is 0 Å². The number of hydrogen-bond donors (Lipinski definition) is 1. The largest absolute Gasteiger partial charge is 0.444 e. The molecule has 0 aliphatic carbocycles. The van der Waals surface area contributed by atoms with Crippen molar-refractivity contribution in [2.75, 3.05) is 13.2 Å². The van der Waals surface area contributed by atoms with Crippen molar-refractivity contribution in [2.45, 2.75) is 39.3 Å². The first-order chi connectivity index (χ1) is 6.35. The third-order valence-electron chi connectivity index (χ3n) is 1.24. The van der Waals surface area contributed by atoms with E-state index >= 15 is 0 Å². The number of nitrogens with one attached hydrogen (secondary N) is 1. The number of alkyl carbamates (subject to hydrolysis) is 1. The Kier molecular flexibility index (Phi) is 5.53. The first-order valence-electron chi connectivity index (χ1n) is 4.75. The van der Waals surface area contributed by atoms with E-state index in [1.54, 1.807) is 0 Å². The second-order valence-electron chi connectivity index (χ2n) is 4.00. The van der Waals surface area contributed by atoms with E-state index in [1.807, 2.05) is 27.7 Å². The summed E-state index contributed by atoms with van der Waals surface area (Å²) in [6, 6.07) is -0.273. The second kappa shape index (κ2) is 5.86. The fourth-order valence-electron chi connectivity index (χ4n) is 0.776. The third-order valence-corrected chi connectivity index (χ3v) is 1.24. The Balaban J connectivity index is 3.71. The van der Waals surface area contributed by atoms with Crippen LogP contribution in [0.4, 0.5) is 4.79 Å². The van der Waals surface area contributed by atoms with Gasteiger partial charge >= 0.3 is 6.09 Å². The summed E-state index contributed by atoms with van der Waals surface area (Å²) in [5, 5.41) is 2.57. The number of carbonyl (C=O) groups is 1. The zero-order valence-electron chi connectivity index (χ0n) is 9.42. The average molecular weight is 202 g/mol. The van der Waals surface area contributed by atoms with Gasteiger partial charge in [0.05, 0.1) is 12.6 Å². The standard InChI is InChI=1S/C10H20NO3/c1-6-13-7-8(2)11-9(12)14-10(3,4)5/h8H,2,6-7H2,1,3-5H3,(H,11,12). The molecule has 0 aromatic carbocycles. The lowest BCUT2D eigenvalue weighted by Gasteiger charge is -2.21. The SMILES string of the molecule is [CH2]C(COCC)NC(=O)OC(C)(C)C. The monoisotopic (exact) mass is 202 g/mol. The molecule has 1 N–H and O–H groups in total. The van der Waals surface area contributed by atoms with E-state index in [2.05, 4.69) is 12.2 Å². The van der Waals surface area contributed by atoms with Gasteiger partial charge < -0.3 is 14.8 Å². The highest BCUT2D eigenvalue weighted by molar-refractivity contribution is 5.68. The van der Waals surface area contributed by atoms with Crippen LogP contribution in [-0.2, 0) is 9.47 Å². The number of hydrogen-bond acceptors (Lipinski definition) is 3. The van der Waals surface area contributed by atoms with Gasteiger partial charge in [-0.1, -0.05) is 0 Å². The summed E-state index contributed by atoms with van der Waals surface area (Å²) >= 11 is 0. The van der Waals surface area contributed by atoms with Crippen molar-refractivity contribution in [2.24, 2.45) is 0 Å². The number of amides is 1. The van der Waals surface area contributed by atoms with Gasteiger partial charge in [-0.15, -0.1) is 0 Å². The number of ether oxygens (including phenoxy) is 2. The number of rotatable bonds is 4. The van der Waals surface area contributed by atoms with Gasteiger partial charge in [-0.05, 0) is 34.6 Å². The van der Waals surface area contributed by atoms with Gasteiger partial charge in [0.1, 0.15) is 5.60 Å². The quantitative estimate of drug-likeness (QED) is 0.755. The normalized spacial score (nSPS) is 13.5. The lowest BCUT2D eigenvalue weighted by molar-refractivity contribution is 0.0472. The topological polar surface area (TPSA) is 47.6 Å². The number of carbonyl (C=O) groups excluding carboxylic acids is 1. The Morgan fingerprint density at radius 1 is 1.50 bits per heavy atom. The van der Waals surface area contributed by atoms with Gasteiger partial charge in [0.2, 0.25) is 0 Å². The molecule has 83 valence electrons. The maximum atomic E-state index is 11.2. The van der Waals surface area contributed by atoms with Crippen LogP contribution in [0.15, 0.2) is 0 Å². The highest BCUT2D eigenvalue weighted by atomic mass is 16.6. The Morgan fingerprint density at radius 3 is 2.50 bits per heavy atom. The summed E-state index contributed by atoms with van der Waals surface area (Å²) in [5.41, 5.74) is -0.477. The highest BCUT2D eigenvalue weighted by Crippen LogP contribution is 2.06. The van der Waals surface area contributed by atoms with Crippen molar-refractivity contribution >= 4 is 6.09 Å². The van der Waals surface area contributed by atoms with Gasteiger partial charge in [-0.25, -0.2) is 4.79 Å². The van der Waals surface area contributed by atoms with Crippen LogP contribution < -0.4 is 5.32 Å². The highest BCUT2D eigenvalue weighted by Gasteiger charge is 2.17. The van der Waals surface area contributed by atoms with E-state index in [-0.39, 0.29) is 6.04 Å². The first-order valence-corrected chi connectivity index (χ1v) is 4.75. The molecule has 0 bridgehead atoms. The van der Waals surface area contributed by atoms with Crippen molar-refractivity contribution in [3.8, 4) is 0 Å². The summed E-state index contributed by atoms with van der Waals surface area (Å²) in [6.07, 6.45) is -0.461. The van der Waals surface area contributed by atoms with Crippen LogP contribution in [0, 0.1) is 6.92 Å². The van der Waals surface area contributed by atoms with E-state index in [4.69, 9.17) is 9.47 Å². The van der Waals surface area contributed by atoms with E-state index < -0.39 is 11.7 Å². The Hall–Kier alpha value is -0.770. The van der Waals surface area contributed by atoms with Crippen LogP contribution in [0.2, 0.25) is 0 Å². The second-order valence-corrected chi connectivity index (χ2v) is 4.00. The van der Waals surface area contributed by atoms with Crippen molar-refractivity contribution in [3.63, 3.8) is 0 Å².